The first-order valence-electron chi connectivity index (χ1n) is 9.12. The zero-order chi connectivity index (χ0) is 18.2. The molecule has 0 aromatic heterocycles. The Morgan fingerprint density at radius 3 is 2.84 bits per heavy atom. The van der Waals surface area contributed by atoms with Crippen molar-refractivity contribution in [3.05, 3.63) is 30.1 Å². The smallest absolute Gasteiger partial charge is 0.316 e. The van der Waals surface area contributed by atoms with Crippen LogP contribution in [0, 0.1) is 5.82 Å². The molecular formula is C19H28FN3O2. The Morgan fingerprint density at radius 2 is 2.16 bits per heavy atom. The van der Waals surface area contributed by atoms with Crippen LogP contribution in [-0.4, -0.2) is 48.9 Å². The van der Waals surface area contributed by atoms with Crippen LogP contribution in [-0.2, 0) is 9.59 Å². The van der Waals surface area contributed by atoms with Gasteiger partial charge in [-0.3, -0.25) is 9.59 Å². The summed E-state index contributed by atoms with van der Waals surface area (Å²) in [6.45, 7) is 6.80. The van der Waals surface area contributed by atoms with Gasteiger partial charge in [-0.05, 0) is 57.9 Å². The molecule has 1 heterocycles. The van der Waals surface area contributed by atoms with Gasteiger partial charge in [0, 0.05) is 31.4 Å². The number of hydrogen-bond donors (Lipinski definition) is 1. The molecule has 0 saturated carbocycles. The molecule has 0 aliphatic carbocycles. The molecule has 1 aliphatic heterocycles. The number of likely N-dealkylation sites (tertiary alicyclic amines) is 1. The summed E-state index contributed by atoms with van der Waals surface area (Å²) in [5, 5.41) is 2.69. The van der Waals surface area contributed by atoms with Gasteiger partial charge >= 0.3 is 11.8 Å². The average molecular weight is 349 g/mol. The monoisotopic (exact) mass is 349 g/mol. The number of rotatable bonds is 6. The molecule has 6 heteroatoms. The van der Waals surface area contributed by atoms with Crippen LogP contribution in [0.5, 0.6) is 0 Å². The maximum atomic E-state index is 13.3. The maximum absolute atomic E-state index is 13.3. The molecule has 5 nitrogen and oxygen atoms in total. The quantitative estimate of drug-likeness (QED) is 0.634. The summed E-state index contributed by atoms with van der Waals surface area (Å²) in [7, 11) is 0. The molecule has 1 aromatic carbocycles. The van der Waals surface area contributed by atoms with E-state index >= 15 is 0 Å². The minimum Gasteiger partial charge on any atom is -0.348 e. The molecule has 25 heavy (non-hydrogen) atoms. The van der Waals surface area contributed by atoms with E-state index in [1.165, 1.54) is 42.4 Å². The van der Waals surface area contributed by atoms with E-state index in [1.54, 1.807) is 13.0 Å². The van der Waals surface area contributed by atoms with Crippen molar-refractivity contribution in [1.82, 2.24) is 10.2 Å². The van der Waals surface area contributed by atoms with E-state index in [-0.39, 0.29) is 0 Å². The van der Waals surface area contributed by atoms with Gasteiger partial charge in [-0.1, -0.05) is 12.5 Å². The van der Waals surface area contributed by atoms with Crippen molar-refractivity contribution in [1.29, 1.82) is 0 Å². The first kappa shape index (κ1) is 19.4. The van der Waals surface area contributed by atoms with Crippen molar-refractivity contribution in [3.8, 4) is 0 Å². The predicted octanol–water partition coefficient (Wildman–Crippen LogP) is 2.56. The first-order valence-corrected chi connectivity index (χ1v) is 9.12. The highest BCUT2D eigenvalue weighted by Crippen LogP contribution is 2.17. The highest BCUT2D eigenvalue weighted by molar-refractivity contribution is 6.40. The lowest BCUT2D eigenvalue weighted by molar-refractivity contribution is -0.137. The van der Waals surface area contributed by atoms with E-state index in [4.69, 9.17) is 0 Å². The summed E-state index contributed by atoms with van der Waals surface area (Å²) < 4.78 is 13.3. The molecule has 2 rings (SSSR count). The number of amides is 2. The summed E-state index contributed by atoms with van der Waals surface area (Å²) in [4.78, 5) is 28.1. The van der Waals surface area contributed by atoms with Gasteiger partial charge in [0.25, 0.3) is 0 Å². The Bertz CT molecular complexity index is 594. The number of halogens is 1. The van der Waals surface area contributed by atoms with Crippen molar-refractivity contribution in [2.75, 3.05) is 31.1 Å². The zero-order valence-electron chi connectivity index (χ0n) is 15.1. The SMILES string of the molecule is CCN(C(=O)C(=O)NCCCN1CCCCC1C)c1cccc(F)c1. The van der Waals surface area contributed by atoms with Gasteiger partial charge in [-0.15, -0.1) is 0 Å². The molecule has 0 radical (unpaired) electrons. The Labute approximate surface area is 149 Å². The number of piperidine rings is 1. The average Bonchev–Trinajstić information content (AvgIpc) is 2.60. The molecule has 1 unspecified atom stereocenters. The summed E-state index contributed by atoms with van der Waals surface area (Å²) in [6, 6.07) is 6.30. The minimum absolute atomic E-state index is 0.307. The second kappa shape index (κ2) is 9.51. The third-order valence-electron chi connectivity index (χ3n) is 4.72. The fourth-order valence-electron chi connectivity index (χ4n) is 3.26. The van der Waals surface area contributed by atoms with Crippen molar-refractivity contribution in [2.45, 2.75) is 45.6 Å². The Morgan fingerprint density at radius 1 is 1.36 bits per heavy atom. The molecular weight excluding hydrogens is 321 g/mol. The van der Waals surface area contributed by atoms with Gasteiger partial charge in [0.15, 0.2) is 0 Å². The normalized spacial score (nSPS) is 18.0. The van der Waals surface area contributed by atoms with Crippen LogP contribution in [0.4, 0.5) is 10.1 Å². The third kappa shape index (κ3) is 5.53. The van der Waals surface area contributed by atoms with Crippen molar-refractivity contribution in [2.24, 2.45) is 0 Å². The van der Waals surface area contributed by atoms with Gasteiger partial charge in [0.1, 0.15) is 5.82 Å². The predicted molar refractivity (Wildman–Crippen MR) is 96.9 cm³/mol. The molecule has 2 amide bonds. The van der Waals surface area contributed by atoms with Crippen LogP contribution < -0.4 is 10.2 Å². The number of nitrogens with zero attached hydrogens (tertiary/aromatic N) is 2. The lowest BCUT2D eigenvalue weighted by atomic mass is 10.0. The molecule has 138 valence electrons. The van der Waals surface area contributed by atoms with Crippen molar-refractivity contribution >= 4 is 17.5 Å². The van der Waals surface area contributed by atoms with Gasteiger partial charge in [0.05, 0.1) is 0 Å². The summed E-state index contributed by atoms with van der Waals surface area (Å²) in [5.74, 6) is -1.72. The fourth-order valence-corrected chi connectivity index (χ4v) is 3.26. The molecule has 0 bridgehead atoms. The third-order valence-corrected chi connectivity index (χ3v) is 4.72. The van der Waals surface area contributed by atoms with Gasteiger partial charge in [-0.2, -0.15) is 0 Å². The van der Waals surface area contributed by atoms with E-state index in [0.29, 0.717) is 24.8 Å². The number of carbonyl (C=O) groups excluding carboxylic acids is 2. The molecule has 1 aromatic rings. The lowest BCUT2D eigenvalue weighted by Crippen LogP contribution is -2.44. The molecule has 0 spiro atoms. The second-order valence-electron chi connectivity index (χ2n) is 6.52. The number of anilines is 1. The first-order chi connectivity index (χ1) is 12.0. The largest absolute Gasteiger partial charge is 0.348 e. The highest BCUT2D eigenvalue weighted by Gasteiger charge is 2.22. The van der Waals surface area contributed by atoms with Crippen LogP contribution >= 0.6 is 0 Å². The summed E-state index contributed by atoms with van der Waals surface area (Å²) in [5.41, 5.74) is 0.393. The number of hydrogen-bond acceptors (Lipinski definition) is 3. The van der Waals surface area contributed by atoms with Crippen LogP contribution in [0.3, 0.4) is 0 Å². The molecule has 1 atom stereocenters. The standard InChI is InChI=1S/C19H28FN3O2/c1-3-23(17-10-6-9-16(20)14-17)19(25)18(24)21-11-7-13-22-12-5-4-8-15(22)2/h6,9-10,14-15H,3-5,7-8,11-13H2,1-2H3,(H,21,24). The van der Waals surface area contributed by atoms with E-state index in [9.17, 15) is 14.0 Å². The number of nitrogens with one attached hydrogen (secondary N) is 1. The number of benzene rings is 1. The van der Waals surface area contributed by atoms with Crippen LogP contribution in [0.2, 0.25) is 0 Å². The summed E-state index contributed by atoms with van der Waals surface area (Å²) in [6.07, 6.45) is 4.56. The van der Waals surface area contributed by atoms with E-state index in [0.717, 1.165) is 19.5 Å². The number of carbonyl (C=O) groups is 2. The highest BCUT2D eigenvalue weighted by atomic mass is 19.1. The van der Waals surface area contributed by atoms with E-state index in [2.05, 4.69) is 17.1 Å². The van der Waals surface area contributed by atoms with Crippen molar-refractivity contribution < 1.29 is 14.0 Å². The fraction of sp³-hybridized carbons (Fsp3) is 0.579. The van der Waals surface area contributed by atoms with Gasteiger partial charge < -0.3 is 15.1 Å². The number of likely N-dealkylation sites (N-methyl/N-ethyl adjacent to an activating group) is 1. The molecule has 1 saturated heterocycles. The van der Waals surface area contributed by atoms with Crippen LogP contribution in [0.15, 0.2) is 24.3 Å². The molecule has 1 aliphatic rings. The van der Waals surface area contributed by atoms with Crippen LogP contribution in [0.25, 0.3) is 0 Å². The van der Waals surface area contributed by atoms with E-state index in [1.807, 2.05) is 0 Å². The van der Waals surface area contributed by atoms with Crippen LogP contribution in [0.1, 0.15) is 39.5 Å². The van der Waals surface area contributed by atoms with E-state index < -0.39 is 17.6 Å². The Kier molecular flexibility index (Phi) is 7.37. The van der Waals surface area contributed by atoms with Gasteiger partial charge in [0.2, 0.25) is 0 Å². The Hall–Kier alpha value is -1.95. The minimum atomic E-state index is -0.653. The second-order valence-corrected chi connectivity index (χ2v) is 6.52. The Balaban J connectivity index is 1.79. The summed E-state index contributed by atoms with van der Waals surface area (Å²) >= 11 is 0. The van der Waals surface area contributed by atoms with Crippen molar-refractivity contribution in [3.63, 3.8) is 0 Å². The topological polar surface area (TPSA) is 52.7 Å². The zero-order valence-corrected chi connectivity index (χ0v) is 15.1. The molecule has 1 N–H and O–H groups in total. The van der Waals surface area contributed by atoms with Gasteiger partial charge in [-0.25, -0.2) is 4.39 Å². The molecule has 1 fully saturated rings. The lowest BCUT2D eigenvalue weighted by Gasteiger charge is -2.33. The maximum Gasteiger partial charge on any atom is 0.316 e.